The van der Waals surface area contributed by atoms with Crippen molar-refractivity contribution in [1.29, 1.82) is 0 Å². The minimum Gasteiger partial charge on any atom is -0.382 e. The molecule has 2 fully saturated rings. The fourth-order valence-corrected chi connectivity index (χ4v) is 4.11. The normalized spacial score (nSPS) is 21.8. The van der Waals surface area contributed by atoms with E-state index in [0.29, 0.717) is 12.6 Å². The predicted molar refractivity (Wildman–Crippen MR) is 108 cm³/mol. The van der Waals surface area contributed by atoms with Crippen molar-refractivity contribution < 1.29 is 9.59 Å². The molecule has 0 saturated carbocycles. The molecule has 27 heavy (non-hydrogen) atoms. The Morgan fingerprint density at radius 2 is 1.63 bits per heavy atom. The van der Waals surface area contributed by atoms with Gasteiger partial charge in [0.1, 0.15) is 0 Å². The van der Waals surface area contributed by atoms with Crippen molar-refractivity contribution in [2.24, 2.45) is 11.3 Å². The van der Waals surface area contributed by atoms with Gasteiger partial charge in [0, 0.05) is 43.3 Å². The molecule has 5 heteroatoms. The number of hydrogen-bond donors (Lipinski definition) is 1. The quantitative estimate of drug-likeness (QED) is 0.886. The summed E-state index contributed by atoms with van der Waals surface area (Å²) in [6, 6.07) is 10.7. The summed E-state index contributed by atoms with van der Waals surface area (Å²) in [6.07, 6.45) is 3.76. The lowest BCUT2D eigenvalue weighted by molar-refractivity contribution is -0.145. The number of nitrogens with zero attached hydrogens (tertiary/aromatic N) is 2. The Morgan fingerprint density at radius 1 is 0.963 bits per heavy atom. The number of benzene rings is 1. The fraction of sp³-hybridized carbons (Fsp3) is 0.636. The molecular formula is C22H33N3O2. The Morgan fingerprint density at radius 3 is 2.26 bits per heavy atom. The molecule has 5 nitrogen and oxygen atoms in total. The van der Waals surface area contributed by atoms with Gasteiger partial charge in [-0.15, -0.1) is 0 Å². The standard InChI is InChI=1S/C22H33N3O2/c1-22(2,3)21(27)25-13-7-8-17(16-25)20(26)24-14-11-19(12-15-24)23-18-9-5-4-6-10-18/h4-6,9-10,17,19,23H,7-8,11-16H2,1-3H3/t17-/m0/s1. The first-order chi connectivity index (χ1) is 12.8. The van der Waals surface area contributed by atoms with Crippen LogP contribution < -0.4 is 5.32 Å². The molecule has 2 amide bonds. The summed E-state index contributed by atoms with van der Waals surface area (Å²) in [5, 5.41) is 3.57. The first-order valence-corrected chi connectivity index (χ1v) is 10.2. The Labute approximate surface area is 163 Å². The molecule has 2 aliphatic heterocycles. The van der Waals surface area contributed by atoms with Gasteiger partial charge >= 0.3 is 0 Å². The molecule has 148 valence electrons. The third-order valence-corrected chi connectivity index (χ3v) is 5.65. The van der Waals surface area contributed by atoms with Crippen LogP contribution in [0.1, 0.15) is 46.5 Å². The van der Waals surface area contributed by atoms with Crippen LogP contribution in [0.3, 0.4) is 0 Å². The molecule has 0 radical (unpaired) electrons. The van der Waals surface area contributed by atoms with Gasteiger partial charge in [-0.3, -0.25) is 9.59 Å². The van der Waals surface area contributed by atoms with Gasteiger partial charge in [-0.1, -0.05) is 39.0 Å². The second kappa shape index (κ2) is 8.32. The topological polar surface area (TPSA) is 52.7 Å². The van der Waals surface area contributed by atoms with E-state index < -0.39 is 0 Å². The zero-order valence-corrected chi connectivity index (χ0v) is 16.9. The van der Waals surface area contributed by atoms with E-state index in [-0.39, 0.29) is 23.1 Å². The highest BCUT2D eigenvalue weighted by Crippen LogP contribution is 2.26. The first kappa shape index (κ1) is 19.7. The smallest absolute Gasteiger partial charge is 0.227 e. The maximum absolute atomic E-state index is 13.0. The molecule has 0 aliphatic carbocycles. The van der Waals surface area contributed by atoms with Crippen molar-refractivity contribution in [2.45, 2.75) is 52.5 Å². The zero-order valence-electron chi connectivity index (χ0n) is 16.9. The summed E-state index contributed by atoms with van der Waals surface area (Å²) in [6.45, 7) is 8.81. The van der Waals surface area contributed by atoms with Gasteiger partial charge in [0.05, 0.1) is 5.92 Å². The highest BCUT2D eigenvalue weighted by atomic mass is 16.2. The van der Waals surface area contributed by atoms with Gasteiger partial charge in [-0.2, -0.15) is 0 Å². The molecule has 0 aromatic heterocycles. The van der Waals surface area contributed by atoms with E-state index in [4.69, 9.17) is 0 Å². The predicted octanol–water partition coefficient (Wildman–Crippen LogP) is 3.37. The second-order valence-corrected chi connectivity index (χ2v) is 8.95. The molecule has 0 spiro atoms. The number of carbonyl (C=O) groups excluding carboxylic acids is 2. The number of carbonyl (C=O) groups is 2. The van der Waals surface area contributed by atoms with E-state index in [9.17, 15) is 9.59 Å². The summed E-state index contributed by atoms with van der Waals surface area (Å²) < 4.78 is 0. The minimum absolute atomic E-state index is 0.0383. The maximum atomic E-state index is 13.0. The van der Waals surface area contributed by atoms with Crippen LogP contribution in [0, 0.1) is 11.3 Å². The van der Waals surface area contributed by atoms with Crippen molar-refractivity contribution in [2.75, 3.05) is 31.5 Å². The van der Waals surface area contributed by atoms with Crippen molar-refractivity contribution in [3.8, 4) is 0 Å². The molecule has 1 N–H and O–H groups in total. The second-order valence-electron chi connectivity index (χ2n) is 8.95. The van der Waals surface area contributed by atoms with Gasteiger partial charge in [0.2, 0.25) is 11.8 Å². The highest BCUT2D eigenvalue weighted by Gasteiger charge is 2.35. The van der Waals surface area contributed by atoms with E-state index in [1.54, 1.807) is 0 Å². The summed E-state index contributed by atoms with van der Waals surface area (Å²) in [7, 11) is 0. The number of para-hydroxylation sites is 1. The van der Waals surface area contributed by atoms with Gasteiger partial charge in [-0.05, 0) is 37.8 Å². The molecule has 3 rings (SSSR count). The third kappa shape index (κ3) is 5.02. The number of likely N-dealkylation sites (tertiary alicyclic amines) is 2. The lowest BCUT2D eigenvalue weighted by Crippen LogP contribution is -2.51. The third-order valence-electron chi connectivity index (χ3n) is 5.65. The summed E-state index contributed by atoms with van der Waals surface area (Å²) in [5.41, 5.74) is 0.762. The molecule has 1 aromatic rings. The van der Waals surface area contributed by atoms with Crippen LogP contribution in [0.15, 0.2) is 30.3 Å². The lowest BCUT2D eigenvalue weighted by atomic mass is 9.90. The van der Waals surface area contributed by atoms with Gasteiger partial charge in [0.25, 0.3) is 0 Å². The van der Waals surface area contributed by atoms with Crippen LogP contribution in [0.25, 0.3) is 0 Å². The Balaban J connectivity index is 1.51. The van der Waals surface area contributed by atoms with Crippen molar-refractivity contribution in [1.82, 2.24) is 9.80 Å². The molecule has 1 atom stereocenters. The highest BCUT2D eigenvalue weighted by molar-refractivity contribution is 5.84. The number of anilines is 1. The van der Waals surface area contributed by atoms with Gasteiger partial charge in [-0.25, -0.2) is 0 Å². The largest absolute Gasteiger partial charge is 0.382 e. The number of nitrogens with one attached hydrogen (secondary N) is 1. The molecule has 2 aliphatic rings. The molecular weight excluding hydrogens is 338 g/mol. The van der Waals surface area contributed by atoms with E-state index in [1.165, 1.54) is 0 Å². The number of rotatable bonds is 3. The van der Waals surface area contributed by atoms with Crippen molar-refractivity contribution >= 4 is 17.5 Å². The summed E-state index contributed by atoms with van der Waals surface area (Å²) in [4.78, 5) is 29.5. The number of amides is 2. The first-order valence-electron chi connectivity index (χ1n) is 10.2. The van der Waals surface area contributed by atoms with Crippen LogP contribution in [-0.2, 0) is 9.59 Å². The molecule has 1 aromatic carbocycles. The fourth-order valence-electron chi connectivity index (χ4n) is 4.11. The summed E-state index contributed by atoms with van der Waals surface area (Å²) >= 11 is 0. The Kier molecular flexibility index (Phi) is 6.08. The minimum atomic E-state index is -0.383. The van der Waals surface area contributed by atoms with Gasteiger partial charge < -0.3 is 15.1 Å². The van der Waals surface area contributed by atoms with Crippen LogP contribution in [-0.4, -0.2) is 53.8 Å². The van der Waals surface area contributed by atoms with E-state index in [2.05, 4.69) is 17.4 Å². The van der Waals surface area contributed by atoms with Crippen molar-refractivity contribution in [3.05, 3.63) is 30.3 Å². The van der Waals surface area contributed by atoms with Crippen molar-refractivity contribution in [3.63, 3.8) is 0 Å². The van der Waals surface area contributed by atoms with E-state index >= 15 is 0 Å². The molecule has 0 unspecified atom stereocenters. The van der Waals surface area contributed by atoms with Crippen LogP contribution in [0.2, 0.25) is 0 Å². The lowest BCUT2D eigenvalue weighted by Gasteiger charge is -2.39. The Bertz CT molecular complexity index is 645. The Hall–Kier alpha value is -2.04. The average Bonchev–Trinajstić information content (AvgIpc) is 2.67. The van der Waals surface area contributed by atoms with Crippen LogP contribution in [0.5, 0.6) is 0 Å². The van der Waals surface area contributed by atoms with Gasteiger partial charge in [0.15, 0.2) is 0 Å². The van der Waals surface area contributed by atoms with E-state index in [1.807, 2.05) is 48.8 Å². The van der Waals surface area contributed by atoms with E-state index in [0.717, 1.165) is 51.0 Å². The zero-order chi connectivity index (χ0) is 19.4. The SMILES string of the molecule is CC(C)(C)C(=O)N1CCC[C@H](C(=O)N2CCC(Nc3ccccc3)CC2)C1. The average molecular weight is 372 g/mol. The molecule has 0 bridgehead atoms. The number of piperidine rings is 2. The molecule has 2 saturated heterocycles. The van der Waals surface area contributed by atoms with Crippen LogP contribution >= 0.6 is 0 Å². The number of hydrogen-bond acceptors (Lipinski definition) is 3. The van der Waals surface area contributed by atoms with Crippen LogP contribution in [0.4, 0.5) is 5.69 Å². The molecule has 2 heterocycles. The summed E-state index contributed by atoms with van der Waals surface area (Å²) in [5.74, 6) is 0.356. The monoisotopic (exact) mass is 371 g/mol. The maximum Gasteiger partial charge on any atom is 0.227 e.